The van der Waals surface area contributed by atoms with Gasteiger partial charge in [-0.2, -0.15) is 0 Å². The van der Waals surface area contributed by atoms with Crippen molar-refractivity contribution >= 4 is 69.1 Å². The van der Waals surface area contributed by atoms with Crippen LogP contribution in [-0.2, 0) is 38.1 Å². The second kappa shape index (κ2) is 26.5. The lowest BCUT2D eigenvalue weighted by molar-refractivity contribution is -0.302. The number of carboxylic acid groups (broad SMARTS) is 1. The van der Waals surface area contributed by atoms with Crippen molar-refractivity contribution in [3.8, 4) is 0 Å². The van der Waals surface area contributed by atoms with Gasteiger partial charge in [0.05, 0.1) is 87.9 Å². The van der Waals surface area contributed by atoms with E-state index in [0.29, 0.717) is 40.4 Å². The zero-order valence-electron chi connectivity index (χ0n) is 47.4. The van der Waals surface area contributed by atoms with Crippen molar-refractivity contribution in [2.45, 2.75) is 166 Å². The van der Waals surface area contributed by atoms with Crippen LogP contribution in [0.2, 0.25) is 5.02 Å². The first-order chi connectivity index (χ1) is 37.8. The fourth-order valence-corrected chi connectivity index (χ4v) is 11.4. The van der Waals surface area contributed by atoms with Crippen molar-refractivity contribution in [1.29, 1.82) is 0 Å². The molecule has 438 valence electrons. The van der Waals surface area contributed by atoms with Gasteiger partial charge in [-0.15, -0.1) is 0 Å². The van der Waals surface area contributed by atoms with E-state index in [-0.39, 0.29) is 62.1 Å². The fourth-order valence-electron chi connectivity index (χ4n) is 11.2. The van der Waals surface area contributed by atoms with Crippen LogP contribution in [0.3, 0.4) is 0 Å². The maximum atomic E-state index is 14.6. The van der Waals surface area contributed by atoms with Crippen LogP contribution >= 0.6 is 11.6 Å². The van der Waals surface area contributed by atoms with Crippen molar-refractivity contribution in [1.82, 2.24) is 30.1 Å². The van der Waals surface area contributed by atoms with Crippen molar-refractivity contribution in [2.75, 3.05) is 45.7 Å². The van der Waals surface area contributed by atoms with Crippen LogP contribution in [0.1, 0.15) is 116 Å². The van der Waals surface area contributed by atoms with Crippen molar-refractivity contribution in [3.05, 3.63) is 81.4 Å². The molecular formula is C58H80ClN7O14. The summed E-state index contributed by atoms with van der Waals surface area (Å²) in [7, 11) is 3.69. The second-order valence-corrected chi connectivity index (χ2v) is 22.9. The number of ether oxygens (including phenoxy) is 5. The Morgan fingerprint density at radius 3 is 2.40 bits per heavy atom. The quantitative estimate of drug-likeness (QED) is 0.0479. The van der Waals surface area contributed by atoms with Crippen molar-refractivity contribution in [3.63, 3.8) is 0 Å². The number of aromatic carboxylic acids is 1. The Morgan fingerprint density at radius 2 is 1.73 bits per heavy atom. The summed E-state index contributed by atoms with van der Waals surface area (Å²) in [5.41, 5.74) is -1.53. The number of cyclic esters (lactones) is 1. The van der Waals surface area contributed by atoms with Gasteiger partial charge in [0.15, 0.2) is 6.29 Å². The molecule has 3 fully saturated rings. The van der Waals surface area contributed by atoms with Gasteiger partial charge in [0.2, 0.25) is 11.3 Å². The van der Waals surface area contributed by atoms with E-state index in [1.54, 1.807) is 62.7 Å². The number of halogens is 1. The number of rotatable bonds is 18. The summed E-state index contributed by atoms with van der Waals surface area (Å²) >= 11 is 6.69. The van der Waals surface area contributed by atoms with Gasteiger partial charge in [0, 0.05) is 55.3 Å². The number of aromatic nitrogens is 3. The number of benzene rings is 2. The molecule has 7 rings (SSSR count). The third-order valence-electron chi connectivity index (χ3n) is 15.8. The van der Waals surface area contributed by atoms with Crippen molar-refractivity contribution in [2.24, 2.45) is 17.8 Å². The summed E-state index contributed by atoms with van der Waals surface area (Å²) in [6.07, 6.45) is 0.351. The van der Waals surface area contributed by atoms with Gasteiger partial charge >= 0.3 is 17.9 Å². The molecule has 2 aliphatic heterocycles. The Hall–Kier alpha value is -5.62. The van der Waals surface area contributed by atoms with Crippen molar-refractivity contribution < 1.29 is 63.3 Å². The van der Waals surface area contributed by atoms with Gasteiger partial charge in [0.1, 0.15) is 29.5 Å². The van der Waals surface area contributed by atoms with Gasteiger partial charge in [-0.1, -0.05) is 50.6 Å². The first-order valence-corrected chi connectivity index (χ1v) is 28.1. The SMILES string of the molecule is CC[C@H]1OC(=O)[C@H](C)[C@@H](OC(=O)CCNCCNc2cc3c(=O)c(C(=O)O)cn(C4CC4)c3cc2Cl)[C@H](C)[C@@H](O[C@@H]2O[C@H](C)C[C@H](N(C)C)[C@H]2O)[C@](C)(OC/C=C/c2cnc3ccccc3n2)C[C@@H](C)NC(=O)[C@H](C)[C@@H](O)[C@]1(C)O. The van der Waals surface area contributed by atoms with E-state index in [0.717, 1.165) is 18.4 Å². The molecule has 0 unspecified atom stereocenters. The average Bonchev–Trinajstić information content (AvgIpc) is 4.28. The van der Waals surface area contributed by atoms with E-state index < -0.39 is 107 Å². The smallest absolute Gasteiger partial charge is 0.341 e. The normalized spacial score (nSPS) is 31.1. The Bertz CT molecular complexity index is 2940. The van der Waals surface area contributed by atoms with E-state index in [9.17, 15) is 44.4 Å². The zero-order valence-corrected chi connectivity index (χ0v) is 48.1. The summed E-state index contributed by atoms with van der Waals surface area (Å²) in [5, 5.41) is 55.2. The lowest BCUT2D eigenvalue weighted by atomic mass is 9.78. The molecule has 4 aromatic rings. The molecule has 1 amide bonds. The van der Waals surface area contributed by atoms with Gasteiger partial charge in [-0.25, -0.2) is 9.78 Å². The monoisotopic (exact) mass is 1130 g/mol. The molecule has 1 saturated carbocycles. The number of esters is 2. The predicted molar refractivity (Wildman–Crippen MR) is 301 cm³/mol. The van der Waals surface area contributed by atoms with E-state index in [1.807, 2.05) is 50.2 Å². The lowest BCUT2D eigenvalue weighted by Gasteiger charge is -2.48. The summed E-state index contributed by atoms with van der Waals surface area (Å²) < 4.78 is 34.5. The largest absolute Gasteiger partial charge is 0.477 e. The molecule has 7 N–H and O–H groups in total. The molecule has 21 nitrogen and oxygen atoms in total. The Labute approximate surface area is 471 Å². The molecule has 3 aliphatic rings. The van der Waals surface area contributed by atoms with Crippen LogP contribution in [0.5, 0.6) is 0 Å². The molecular weight excluding hydrogens is 1050 g/mol. The zero-order chi connectivity index (χ0) is 58.4. The number of fused-ring (bicyclic) bond motifs is 2. The molecule has 1 aliphatic carbocycles. The van der Waals surface area contributed by atoms with E-state index in [2.05, 4.69) is 20.9 Å². The standard InChI is InChI=1S/C58H80ClN7O14/c1-11-46-58(8,75)51(70)35(6)53(71)63-31(2)28-57(7,76-24-14-15-36-29-62-41-16-12-13-17-42(41)64-36)52(80-56-49(69)45(65(9)10)25-32(3)77-56)33(4)50(34(5)55(74)78-46)79-47(67)20-21-60-22-23-61-43-26-38-44(27-40(43)59)66(37-18-19-37)30-39(48(38)68)54(72)73/h12-17,26-27,29-35,37,45-46,49-52,56,60-61,69-70,75H,11,18-25,28H2,1-10H3,(H,63,71)(H,72,73)/b15-14+/t31-,32-,33+,34-,35-,45+,46-,49-,50+,51-,52-,56+,57-,58-/m1/s1. The van der Waals surface area contributed by atoms with Crippen LogP contribution in [0.4, 0.5) is 5.69 Å². The first kappa shape index (κ1) is 62.0. The van der Waals surface area contributed by atoms with E-state index in [1.165, 1.54) is 27.0 Å². The molecule has 0 radical (unpaired) electrons. The summed E-state index contributed by atoms with van der Waals surface area (Å²) in [6.45, 7) is 13.8. The third-order valence-corrected chi connectivity index (χ3v) is 16.1. The van der Waals surface area contributed by atoms with Crippen LogP contribution in [0.15, 0.2) is 59.7 Å². The lowest BCUT2D eigenvalue weighted by Crippen LogP contribution is -2.60. The Balaban J connectivity index is 1.17. The number of aliphatic hydroxyl groups is 3. The number of likely N-dealkylation sites (N-methyl/N-ethyl adjacent to an activating group) is 1. The molecule has 2 aromatic heterocycles. The minimum absolute atomic E-state index is 0.0351. The number of carbonyl (C=O) groups excluding carboxylic acids is 3. The number of nitrogens with zero attached hydrogens (tertiary/aromatic N) is 4. The fraction of sp³-hybridized carbons (Fsp3) is 0.603. The highest BCUT2D eigenvalue weighted by Gasteiger charge is 2.52. The topological polar surface area (TPSA) is 282 Å². The average molecular weight is 1130 g/mol. The van der Waals surface area contributed by atoms with Gasteiger partial charge in [-0.05, 0) is 111 Å². The number of amides is 1. The highest BCUT2D eigenvalue weighted by molar-refractivity contribution is 6.34. The van der Waals surface area contributed by atoms with Gasteiger partial charge < -0.3 is 69.5 Å². The number of hydrogen-bond donors (Lipinski definition) is 7. The van der Waals surface area contributed by atoms with Crippen LogP contribution in [-0.4, -0.2) is 170 Å². The van der Waals surface area contributed by atoms with E-state index >= 15 is 0 Å². The predicted octanol–water partition coefficient (Wildman–Crippen LogP) is 5.48. The number of para-hydroxylation sites is 2. The Kier molecular flexibility index (Phi) is 20.6. The molecule has 80 heavy (non-hydrogen) atoms. The molecule has 0 spiro atoms. The molecule has 14 atom stereocenters. The minimum atomic E-state index is -2.11. The molecule has 0 bridgehead atoms. The van der Waals surface area contributed by atoms with Crippen LogP contribution < -0.4 is 21.4 Å². The highest BCUT2D eigenvalue weighted by atomic mass is 35.5. The minimum Gasteiger partial charge on any atom is -0.477 e. The van der Waals surface area contributed by atoms with Crippen LogP contribution in [0, 0.1) is 17.8 Å². The van der Waals surface area contributed by atoms with Gasteiger partial charge in [0.25, 0.3) is 0 Å². The second-order valence-electron chi connectivity index (χ2n) is 22.5. The Morgan fingerprint density at radius 1 is 1.01 bits per heavy atom. The number of aliphatic hydroxyl groups excluding tert-OH is 2. The summed E-state index contributed by atoms with van der Waals surface area (Å²) in [6, 6.07) is 9.68. The highest BCUT2D eigenvalue weighted by Crippen LogP contribution is 2.40. The number of hydrogen-bond acceptors (Lipinski definition) is 18. The molecule has 2 aromatic carbocycles. The first-order valence-electron chi connectivity index (χ1n) is 27.7. The summed E-state index contributed by atoms with van der Waals surface area (Å²) in [4.78, 5) is 79.2. The van der Waals surface area contributed by atoms with E-state index in [4.69, 9.17) is 40.3 Å². The molecule has 4 heterocycles. The number of carboxylic acids is 1. The number of nitrogens with one attached hydrogen (secondary N) is 3. The maximum Gasteiger partial charge on any atom is 0.341 e. The third kappa shape index (κ3) is 14.5. The number of pyridine rings is 1. The maximum absolute atomic E-state index is 14.6. The number of anilines is 1. The molecule has 22 heteroatoms. The van der Waals surface area contributed by atoms with Crippen LogP contribution in [0.25, 0.3) is 28.0 Å². The number of carbonyl (C=O) groups is 4. The molecule has 2 saturated heterocycles. The summed E-state index contributed by atoms with van der Waals surface area (Å²) in [5.74, 6) is -6.86. The van der Waals surface area contributed by atoms with Gasteiger partial charge in [-0.3, -0.25) is 24.2 Å².